The molecule has 0 radical (unpaired) electrons. The van der Waals surface area contributed by atoms with Gasteiger partial charge in [-0.3, -0.25) is 9.59 Å². The van der Waals surface area contributed by atoms with Crippen molar-refractivity contribution in [2.75, 3.05) is 5.32 Å². The molecule has 0 aliphatic rings. The van der Waals surface area contributed by atoms with Crippen LogP contribution in [0.2, 0.25) is 0 Å². The molecule has 0 atom stereocenters. The fourth-order valence-corrected chi connectivity index (χ4v) is 3.64. The van der Waals surface area contributed by atoms with Crippen molar-refractivity contribution in [2.45, 2.75) is 6.92 Å². The predicted octanol–water partition coefficient (Wildman–Crippen LogP) is 2.80. The van der Waals surface area contributed by atoms with E-state index in [2.05, 4.69) is 25.4 Å². The molecule has 10 nitrogen and oxygen atoms in total. The second kappa shape index (κ2) is 8.03. The van der Waals surface area contributed by atoms with E-state index in [1.165, 1.54) is 33.6 Å². The van der Waals surface area contributed by atoms with Crippen molar-refractivity contribution in [1.82, 2.24) is 33.7 Å². The molecule has 4 aromatic heterocycles. The summed E-state index contributed by atoms with van der Waals surface area (Å²) in [5.41, 5.74) is 3.25. The number of nitrogens with one attached hydrogen (secondary N) is 1. The second-order valence-corrected chi connectivity index (χ2v) is 7.71. The van der Waals surface area contributed by atoms with Crippen molar-refractivity contribution in [3.8, 4) is 22.6 Å². The Kier molecular flexibility index (Phi) is 5.01. The minimum Gasteiger partial charge on any atom is -0.331 e. The third kappa shape index (κ3) is 3.62. The van der Waals surface area contributed by atoms with Gasteiger partial charge in [0, 0.05) is 32.1 Å². The summed E-state index contributed by atoms with van der Waals surface area (Å²) < 4.78 is 18.3. The number of amides is 1. The van der Waals surface area contributed by atoms with Crippen LogP contribution < -0.4 is 5.32 Å². The number of aryl methyl sites for hydroxylation is 2. The lowest BCUT2D eigenvalue weighted by atomic mass is 10.1. The number of carbonyl (C=O) groups is 2. The number of ketones is 1. The molecule has 4 heterocycles. The highest BCUT2D eigenvalue weighted by atomic mass is 19.1. The SMILES string of the molecule is Cc1nc(-c2ccc(F)cc2)c(-c2ccc3nc(NC(=O)C(=O)c4nccn4C)cn3n2)n1C. The molecule has 1 aromatic carbocycles. The van der Waals surface area contributed by atoms with Gasteiger partial charge in [0.15, 0.2) is 17.3 Å². The molecule has 0 bridgehead atoms. The number of hydrogen-bond acceptors (Lipinski definition) is 6. The standard InChI is InChI=1S/C23H19FN8O2/c1-13-26-19(14-4-6-15(24)7-5-14)20(31(13)3)16-8-9-18-27-17(12-32(18)29-16)28-23(34)21(33)22-25-10-11-30(22)2/h4-12H,1-3H3,(H,28,34). The Morgan fingerprint density at radius 2 is 1.79 bits per heavy atom. The van der Waals surface area contributed by atoms with Crippen LogP contribution in [0.3, 0.4) is 0 Å². The van der Waals surface area contributed by atoms with E-state index in [4.69, 9.17) is 0 Å². The average Bonchev–Trinajstić information content (AvgIpc) is 3.50. The molecule has 5 aromatic rings. The molecule has 0 aliphatic heterocycles. The second-order valence-electron chi connectivity index (χ2n) is 7.71. The van der Waals surface area contributed by atoms with Gasteiger partial charge in [-0.05, 0) is 43.3 Å². The molecule has 0 spiro atoms. The Morgan fingerprint density at radius 1 is 1.03 bits per heavy atom. The van der Waals surface area contributed by atoms with Crippen molar-refractivity contribution in [1.29, 1.82) is 0 Å². The van der Waals surface area contributed by atoms with Gasteiger partial charge in [-0.15, -0.1) is 0 Å². The van der Waals surface area contributed by atoms with Gasteiger partial charge >= 0.3 is 5.91 Å². The van der Waals surface area contributed by atoms with Crippen LogP contribution in [0, 0.1) is 12.7 Å². The van der Waals surface area contributed by atoms with Gasteiger partial charge in [0.05, 0.1) is 17.6 Å². The minimum absolute atomic E-state index is 0.0292. The zero-order valence-corrected chi connectivity index (χ0v) is 18.5. The van der Waals surface area contributed by atoms with Crippen molar-refractivity contribution >= 4 is 23.2 Å². The van der Waals surface area contributed by atoms with E-state index in [1.54, 1.807) is 37.5 Å². The summed E-state index contributed by atoms with van der Waals surface area (Å²) in [7, 11) is 3.50. The number of imidazole rings is 3. The number of carbonyl (C=O) groups excluding carboxylic acids is 2. The quantitative estimate of drug-likeness (QED) is 0.320. The van der Waals surface area contributed by atoms with E-state index in [0.29, 0.717) is 17.0 Å². The fourth-order valence-electron chi connectivity index (χ4n) is 3.64. The summed E-state index contributed by atoms with van der Waals surface area (Å²) in [4.78, 5) is 37.6. The average molecular weight is 458 g/mol. The van der Waals surface area contributed by atoms with Gasteiger partial charge in [-0.1, -0.05) is 0 Å². The number of anilines is 1. The maximum absolute atomic E-state index is 13.4. The van der Waals surface area contributed by atoms with Crippen LogP contribution in [0.4, 0.5) is 10.2 Å². The number of nitrogens with zero attached hydrogens (tertiary/aromatic N) is 7. The molecular weight excluding hydrogens is 439 g/mol. The van der Waals surface area contributed by atoms with E-state index in [0.717, 1.165) is 17.1 Å². The van der Waals surface area contributed by atoms with Crippen molar-refractivity contribution < 1.29 is 14.0 Å². The van der Waals surface area contributed by atoms with Gasteiger partial charge in [0.2, 0.25) is 0 Å². The topological polar surface area (TPSA) is 112 Å². The van der Waals surface area contributed by atoms with Crippen LogP contribution in [0.15, 0.2) is 55.0 Å². The maximum atomic E-state index is 13.4. The zero-order chi connectivity index (χ0) is 24.0. The van der Waals surface area contributed by atoms with Gasteiger partial charge in [0.1, 0.15) is 17.3 Å². The van der Waals surface area contributed by atoms with Crippen molar-refractivity contribution in [3.05, 3.63) is 72.5 Å². The highest BCUT2D eigenvalue weighted by Gasteiger charge is 2.22. The number of rotatable bonds is 5. The minimum atomic E-state index is -0.848. The van der Waals surface area contributed by atoms with Gasteiger partial charge < -0.3 is 14.5 Å². The van der Waals surface area contributed by atoms with Crippen LogP contribution in [0.25, 0.3) is 28.3 Å². The monoisotopic (exact) mass is 458 g/mol. The first-order valence-corrected chi connectivity index (χ1v) is 10.3. The van der Waals surface area contributed by atoms with Crippen LogP contribution in [-0.4, -0.2) is 45.4 Å². The number of benzene rings is 1. The van der Waals surface area contributed by atoms with Crippen LogP contribution in [0.1, 0.15) is 16.4 Å². The van der Waals surface area contributed by atoms with Gasteiger partial charge in [-0.25, -0.2) is 23.9 Å². The van der Waals surface area contributed by atoms with E-state index in [9.17, 15) is 14.0 Å². The summed E-state index contributed by atoms with van der Waals surface area (Å²) in [6, 6.07) is 9.64. The van der Waals surface area contributed by atoms with Gasteiger partial charge in [0.25, 0.3) is 5.78 Å². The molecule has 0 unspecified atom stereocenters. The highest BCUT2D eigenvalue weighted by Crippen LogP contribution is 2.31. The molecule has 0 saturated carbocycles. The zero-order valence-electron chi connectivity index (χ0n) is 18.5. The summed E-state index contributed by atoms with van der Waals surface area (Å²) in [5, 5.41) is 7.12. The molecule has 5 rings (SSSR count). The lowest BCUT2D eigenvalue weighted by Gasteiger charge is -2.07. The molecule has 34 heavy (non-hydrogen) atoms. The molecule has 170 valence electrons. The Labute approximate surface area is 192 Å². The highest BCUT2D eigenvalue weighted by molar-refractivity contribution is 6.45. The first-order chi connectivity index (χ1) is 16.3. The van der Waals surface area contributed by atoms with E-state index in [-0.39, 0.29) is 17.5 Å². The Bertz CT molecular complexity index is 1560. The van der Waals surface area contributed by atoms with E-state index >= 15 is 0 Å². The van der Waals surface area contributed by atoms with E-state index in [1.807, 2.05) is 18.5 Å². The van der Waals surface area contributed by atoms with Crippen LogP contribution >= 0.6 is 0 Å². The first kappa shape index (κ1) is 21.2. The van der Waals surface area contributed by atoms with Crippen molar-refractivity contribution in [2.24, 2.45) is 14.1 Å². The molecule has 0 fully saturated rings. The van der Waals surface area contributed by atoms with Gasteiger partial charge in [-0.2, -0.15) is 5.10 Å². The smallest absolute Gasteiger partial charge is 0.301 e. The first-order valence-electron chi connectivity index (χ1n) is 10.3. The molecule has 1 N–H and O–H groups in total. The molecule has 1 amide bonds. The predicted molar refractivity (Wildman–Crippen MR) is 121 cm³/mol. The van der Waals surface area contributed by atoms with Crippen LogP contribution in [-0.2, 0) is 18.9 Å². The number of fused-ring (bicyclic) bond motifs is 1. The lowest BCUT2D eigenvalue weighted by Crippen LogP contribution is -2.25. The third-order valence-corrected chi connectivity index (χ3v) is 5.47. The normalized spacial score (nSPS) is 11.2. The fraction of sp³-hybridized carbons (Fsp3) is 0.130. The molecular formula is C23H19FN8O2. The molecule has 0 aliphatic carbocycles. The summed E-state index contributed by atoms with van der Waals surface area (Å²) >= 11 is 0. The molecule has 0 saturated heterocycles. The van der Waals surface area contributed by atoms with Crippen LogP contribution in [0.5, 0.6) is 0 Å². The van der Waals surface area contributed by atoms with Crippen molar-refractivity contribution in [3.63, 3.8) is 0 Å². The lowest BCUT2D eigenvalue weighted by molar-refractivity contribution is -0.112. The summed E-state index contributed by atoms with van der Waals surface area (Å²) in [5.74, 6) is -0.973. The van der Waals surface area contributed by atoms with E-state index < -0.39 is 11.7 Å². The Balaban J connectivity index is 1.48. The number of aromatic nitrogens is 7. The largest absolute Gasteiger partial charge is 0.331 e. The third-order valence-electron chi connectivity index (χ3n) is 5.47. The number of hydrogen-bond donors (Lipinski definition) is 1. The number of halogens is 1. The summed E-state index contributed by atoms with van der Waals surface area (Å²) in [6.45, 7) is 1.87. The Morgan fingerprint density at radius 3 is 2.50 bits per heavy atom. The maximum Gasteiger partial charge on any atom is 0.301 e. The summed E-state index contributed by atoms with van der Waals surface area (Å²) in [6.07, 6.45) is 4.54. The number of Topliss-reactive ketones (excluding diaryl/α,β-unsaturated/α-hetero) is 1. The molecule has 11 heteroatoms. The Hall–Kier alpha value is -4.67.